The number of hydrogen-bond acceptors (Lipinski definition) is 9. The number of anilines is 3. The zero-order valence-electron chi connectivity index (χ0n) is 21.7. The van der Waals surface area contributed by atoms with E-state index in [-0.39, 0.29) is 11.7 Å². The molecule has 10 nitrogen and oxygen atoms in total. The van der Waals surface area contributed by atoms with Crippen molar-refractivity contribution in [2.45, 2.75) is 40.3 Å². The Morgan fingerprint density at radius 2 is 1.73 bits per heavy atom. The Morgan fingerprint density at radius 3 is 2.41 bits per heavy atom. The molecule has 1 aliphatic heterocycles. The number of piperazine rings is 1. The lowest BCUT2D eigenvalue weighted by Gasteiger charge is -2.33. The Kier molecular flexibility index (Phi) is 6.98. The fraction of sp³-hybridized carbons (Fsp3) is 0.423. The molecule has 0 amide bonds. The number of fused-ring (bicyclic) bond motifs is 1. The Labute approximate surface area is 215 Å². The molecule has 4 heterocycles. The normalized spacial score (nSPS) is 15.1. The van der Waals surface area contributed by atoms with Crippen LogP contribution in [0.1, 0.15) is 38.2 Å². The lowest BCUT2D eigenvalue weighted by molar-refractivity contribution is 0.132. The molecule has 3 aromatic heterocycles. The number of aryl methyl sites for hydroxylation is 1. The monoisotopic (exact) mass is 504 g/mol. The zero-order chi connectivity index (χ0) is 26.1. The van der Waals surface area contributed by atoms with Crippen molar-refractivity contribution in [3.05, 3.63) is 48.1 Å². The van der Waals surface area contributed by atoms with Gasteiger partial charge in [-0.25, -0.2) is 29.3 Å². The minimum absolute atomic E-state index is 0.126. The molecule has 4 aromatic rings. The summed E-state index contributed by atoms with van der Waals surface area (Å²) in [5.41, 5.74) is 9.78. The molecule has 0 spiro atoms. The van der Waals surface area contributed by atoms with E-state index in [1.807, 2.05) is 43.8 Å². The molecule has 0 bridgehead atoms. The lowest BCUT2D eigenvalue weighted by Crippen LogP contribution is -2.45. The van der Waals surface area contributed by atoms with Crippen LogP contribution in [0.5, 0.6) is 0 Å². The predicted octanol–water partition coefficient (Wildman–Crippen LogP) is 3.78. The molecule has 1 saturated heterocycles. The van der Waals surface area contributed by atoms with Crippen molar-refractivity contribution in [1.82, 2.24) is 39.3 Å². The summed E-state index contributed by atoms with van der Waals surface area (Å²) in [4.78, 5) is 26.8. The third kappa shape index (κ3) is 5.09. The van der Waals surface area contributed by atoms with Crippen LogP contribution in [0.25, 0.3) is 22.3 Å². The lowest BCUT2D eigenvalue weighted by atomic mass is 10.1. The van der Waals surface area contributed by atoms with Crippen molar-refractivity contribution in [2.75, 3.05) is 43.8 Å². The number of nitrogen functional groups attached to an aromatic ring is 1. The van der Waals surface area contributed by atoms with Crippen LogP contribution in [0.2, 0.25) is 0 Å². The fourth-order valence-corrected chi connectivity index (χ4v) is 4.91. The molecule has 5 rings (SSSR count). The van der Waals surface area contributed by atoms with Gasteiger partial charge in [0.25, 0.3) is 0 Å². The minimum atomic E-state index is -0.419. The van der Waals surface area contributed by atoms with Gasteiger partial charge >= 0.3 is 0 Å². The van der Waals surface area contributed by atoms with Gasteiger partial charge < -0.3 is 20.5 Å². The number of nitrogens with one attached hydrogen (secondary N) is 1. The second-order valence-corrected chi connectivity index (χ2v) is 9.68. The van der Waals surface area contributed by atoms with Gasteiger partial charge in [-0.2, -0.15) is 0 Å². The molecule has 0 aliphatic carbocycles. The van der Waals surface area contributed by atoms with Gasteiger partial charge in [0, 0.05) is 62.3 Å². The maximum atomic E-state index is 15.0. The minimum Gasteiger partial charge on any atom is -0.394 e. The van der Waals surface area contributed by atoms with Crippen molar-refractivity contribution in [3.8, 4) is 11.3 Å². The number of aromatic nitrogens is 6. The molecule has 1 aromatic carbocycles. The first-order chi connectivity index (χ1) is 17.8. The molecular weight excluding hydrogens is 471 g/mol. The van der Waals surface area contributed by atoms with Crippen LogP contribution in [-0.2, 0) is 6.54 Å². The van der Waals surface area contributed by atoms with Crippen LogP contribution in [0, 0.1) is 12.7 Å². The van der Waals surface area contributed by atoms with Crippen LogP contribution in [0.4, 0.5) is 21.8 Å². The number of nitrogens with zero attached hydrogens (tertiary/aromatic N) is 8. The molecule has 0 radical (unpaired) electrons. The molecule has 1 aliphatic rings. The van der Waals surface area contributed by atoms with Crippen molar-refractivity contribution in [1.29, 1.82) is 0 Å². The van der Waals surface area contributed by atoms with E-state index in [0.717, 1.165) is 50.7 Å². The SMILES string of the molecule is CCN1CCN(Cc2cnc(Nc3ncnc(-c4cc(F)c5nc(C)n(C(C)C)c5c4)c3N)nc2)CC1. The van der Waals surface area contributed by atoms with Crippen molar-refractivity contribution in [2.24, 2.45) is 0 Å². The molecule has 1 fully saturated rings. The highest BCUT2D eigenvalue weighted by atomic mass is 19.1. The van der Waals surface area contributed by atoms with E-state index in [0.29, 0.717) is 34.1 Å². The van der Waals surface area contributed by atoms with Gasteiger partial charge in [-0.1, -0.05) is 6.92 Å². The van der Waals surface area contributed by atoms with Gasteiger partial charge in [-0.3, -0.25) is 4.90 Å². The molecule has 0 atom stereocenters. The van der Waals surface area contributed by atoms with Crippen LogP contribution >= 0.6 is 0 Å². The topological polar surface area (TPSA) is 114 Å². The van der Waals surface area contributed by atoms with Crippen molar-refractivity contribution in [3.63, 3.8) is 0 Å². The van der Waals surface area contributed by atoms with E-state index in [9.17, 15) is 0 Å². The third-order valence-corrected chi connectivity index (χ3v) is 6.85. The summed E-state index contributed by atoms with van der Waals surface area (Å²) in [5, 5.41) is 3.08. The van der Waals surface area contributed by atoms with Gasteiger partial charge in [0.1, 0.15) is 23.4 Å². The summed E-state index contributed by atoms with van der Waals surface area (Å²) in [6.45, 7) is 14.3. The van der Waals surface area contributed by atoms with E-state index in [1.54, 1.807) is 0 Å². The first-order valence-electron chi connectivity index (χ1n) is 12.7. The highest BCUT2D eigenvalue weighted by molar-refractivity contribution is 5.88. The first kappa shape index (κ1) is 25.0. The Morgan fingerprint density at radius 1 is 1.03 bits per heavy atom. The number of rotatable bonds is 7. The average Bonchev–Trinajstić information content (AvgIpc) is 3.23. The van der Waals surface area contributed by atoms with Gasteiger partial charge in [-0.15, -0.1) is 0 Å². The quantitative estimate of drug-likeness (QED) is 0.388. The molecule has 194 valence electrons. The summed E-state index contributed by atoms with van der Waals surface area (Å²) < 4.78 is 17.0. The number of imidazole rings is 1. The fourth-order valence-electron chi connectivity index (χ4n) is 4.91. The highest BCUT2D eigenvalue weighted by Crippen LogP contribution is 2.33. The Balaban J connectivity index is 1.36. The van der Waals surface area contributed by atoms with E-state index >= 15 is 4.39 Å². The highest BCUT2D eigenvalue weighted by Gasteiger charge is 2.19. The number of halogens is 1. The number of hydrogen-bond donors (Lipinski definition) is 2. The smallest absolute Gasteiger partial charge is 0.228 e. The maximum absolute atomic E-state index is 15.0. The summed E-state index contributed by atoms with van der Waals surface area (Å²) >= 11 is 0. The number of benzene rings is 1. The molecule has 0 unspecified atom stereocenters. The Hall–Kier alpha value is -3.70. The van der Waals surface area contributed by atoms with Gasteiger partial charge in [0.05, 0.1) is 11.2 Å². The molecular formula is C26H33FN10. The molecule has 11 heteroatoms. The van der Waals surface area contributed by atoms with Crippen LogP contribution in [-0.4, -0.2) is 72.0 Å². The first-order valence-corrected chi connectivity index (χ1v) is 12.7. The van der Waals surface area contributed by atoms with Crippen LogP contribution in [0.15, 0.2) is 30.9 Å². The predicted molar refractivity (Wildman–Crippen MR) is 143 cm³/mol. The van der Waals surface area contributed by atoms with Crippen LogP contribution < -0.4 is 11.1 Å². The standard InChI is InChI=1S/C26H33FN10/c1-5-35-6-8-36(9-7-35)14-18-12-29-26(30-13-18)34-25-22(28)23(31-15-32-25)19-10-20(27)24-21(11-19)37(16(2)3)17(4)33-24/h10-13,15-16H,5-9,14,28H2,1-4H3,(H,29,30,31,32,34). The second-order valence-electron chi connectivity index (χ2n) is 9.68. The summed E-state index contributed by atoms with van der Waals surface area (Å²) in [6, 6.07) is 3.40. The maximum Gasteiger partial charge on any atom is 0.228 e. The van der Waals surface area contributed by atoms with E-state index in [1.165, 1.54) is 12.4 Å². The number of likely N-dealkylation sites (N-methyl/N-ethyl adjacent to an activating group) is 1. The Bertz CT molecular complexity index is 1390. The summed E-state index contributed by atoms with van der Waals surface area (Å²) in [5.74, 6) is 1.08. The van der Waals surface area contributed by atoms with Gasteiger partial charge in [0.15, 0.2) is 11.6 Å². The average molecular weight is 505 g/mol. The molecule has 37 heavy (non-hydrogen) atoms. The van der Waals surface area contributed by atoms with E-state index in [2.05, 4.69) is 47.0 Å². The summed E-state index contributed by atoms with van der Waals surface area (Å²) in [7, 11) is 0. The number of nitrogens with two attached hydrogens (primary N) is 1. The molecule has 3 N–H and O–H groups in total. The second kappa shape index (κ2) is 10.3. The summed E-state index contributed by atoms with van der Waals surface area (Å²) in [6.07, 6.45) is 5.03. The third-order valence-electron chi connectivity index (χ3n) is 6.85. The van der Waals surface area contributed by atoms with Crippen molar-refractivity contribution >= 4 is 28.5 Å². The van der Waals surface area contributed by atoms with E-state index in [4.69, 9.17) is 5.73 Å². The van der Waals surface area contributed by atoms with Gasteiger partial charge in [-0.05, 0) is 39.4 Å². The van der Waals surface area contributed by atoms with Crippen molar-refractivity contribution < 1.29 is 4.39 Å². The zero-order valence-corrected chi connectivity index (χ0v) is 21.7. The largest absolute Gasteiger partial charge is 0.394 e. The van der Waals surface area contributed by atoms with Crippen LogP contribution in [0.3, 0.4) is 0 Å². The van der Waals surface area contributed by atoms with E-state index < -0.39 is 5.82 Å². The molecule has 0 saturated carbocycles. The van der Waals surface area contributed by atoms with Gasteiger partial charge in [0.2, 0.25) is 5.95 Å².